The van der Waals surface area contributed by atoms with Gasteiger partial charge in [0.25, 0.3) is 0 Å². The molecule has 0 spiro atoms. The van der Waals surface area contributed by atoms with E-state index in [1.165, 1.54) is 22.3 Å². The van der Waals surface area contributed by atoms with Gasteiger partial charge in [0.2, 0.25) is 0 Å². The van der Waals surface area contributed by atoms with Gasteiger partial charge in [0, 0.05) is 22.7 Å². The zero-order valence-corrected chi connectivity index (χ0v) is 25.5. The summed E-state index contributed by atoms with van der Waals surface area (Å²) >= 11 is 0. The molecule has 1 aromatic heterocycles. The number of nitrogens with zero attached hydrogens (tertiary/aromatic N) is 2. The predicted octanol–water partition coefficient (Wildman–Crippen LogP) is 11.5. The smallest absolute Gasteiger partial charge is 0.187 e. The molecule has 2 nitrogen and oxygen atoms in total. The van der Waals surface area contributed by atoms with Crippen molar-refractivity contribution in [3.05, 3.63) is 185 Å². The molecule has 0 N–H and O–H groups in total. The van der Waals surface area contributed by atoms with Gasteiger partial charge in [-0.25, -0.2) is 4.85 Å². The number of pyridine rings is 1. The third kappa shape index (κ3) is 5.09. The van der Waals surface area contributed by atoms with E-state index in [4.69, 9.17) is 11.6 Å². The number of hydrogen-bond acceptors (Lipinski definition) is 1. The van der Waals surface area contributed by atoms with E-state index in [1.807, 2.05) is 42.6 Å². The Morgan fingerprint density at radius 2 is 1.36 bits per heavy atom. The Labute approximate surface area is 265 Å². The minimum absolute atomic E-state index is 0.216. The molecule has 6 aromatic rings. The summed E-state index contributed by atoms with van der Waals surface area (Å²) in [5.41, 5.74) is 14.9. The fourth-order valence-corrected chi connectivity index (χ4v) is 6.47. The molecule has 0 amide bonds. The molecular weight excluding hydrogens is 544 g/mol. The maximum Gasteiger partial charge on any atom is 0.187 e. The van der Waals surface area contributed by atoms with Gasteiger partial charge in [-0.2, -0.15) is 0 Å². The zero-order chi connectivity index (χ0) is 31.0. The van der Waals surface area contributed by atoms with Gasteiger partial charge in [0.1, 0.15) is 0 Å². The van der Waals surface area contributed by atoms with E-state index < -0.39 is 0 Å². The molecule has 214 valence electrons. The van der Waals surface area contributed by atoms with Gasteiger partial charge in [-0.15, -0.1) is 0 Å². The summed E-state index contributed by atoms with van der Waals surface area (Å²) in [4.78, 5) is 8.57. The van der Waals surface area contributed by atoms with Gasteiger partial charge in [-0.3, -0.25) is 4.98 Å². The molecule has 7 rings (SSSR count). The van der Waals surface area contributed by atoms with Crippen LogP contribution in [0.15, 0.2) is 140 Å². The van der Waals surface area contributed by atoms with Crippen molar-refractivity contribution in [2.75, 3.05) is 0 Å². The first-order chi connectivity index (χ1) is 21.9. The Kier molecular flexibility index (Phi) is 7.08. The molecule has 0 radical (unpaired) electrons. The van der Waals surface area contributed by atoms with E-state index in [9.17, 15) is 0 Å². The highest BCUT2D eigenvalue weighted by Crippen LogP contribution is 2.50. The maximum atomic E-state index is 7.53. The highest BCUT2D eigenvalue weighted by molar-refractivity contribution is 5.93. The van der Waals surface area contributed by atoms with Crippen LogP contribution in [0.5, 0.6) is 0 Å². The summed E-state index contributed by atoms with van der Waals surface area (Å²) in [6.45, 7) is 16.7. The van der Waals surface area contributed by atoms with Crippen molar-refractivity contribution in [2.24, 2.45) is 0 Å². The molecule has 5 aromatic carbocycles. The second-order valence-electron chi connectivity index (χ2n) is 12.0. The lowest BCUT2D eigenvalue weighted by molar-refractivity contribution is 0.660. The van der Waals surface area contributed by atoms with Crippen molar-refractivity contribution in [1.29, 1.82) is 0 Å². The average molecular weight is 577 g/mol. The van der Waals surface area contributed by atoms with E-state index in [0.717, 1.165) is 50.2 Å². The van der Waals surface area contributed by atoms with Crippen LogP contribution in [-0.4, -0.2) is 4.98 Å². The van der Waals surface area contributed by atoms with E-state index in [0.29, 0.717) is 5.69 Å². The monoisotopic (exact) mass is 576 g/mol. The topological polar surface area (TPSA) is 17.2 Å². The highest BCUT2D eigenvalue weighted by Gasteiger charge is 2.35. The molecule has 0 fully saturated rings. The van der Waals surface area contributed by atoms with Crippen LogP contribution in [0, 0.1) is 6.57 Å². The van der Waals surface area contributed by atoms with E-state index in [2.05, 4.69) is 128 Å². The van der Waals surface area contributed by atoms with Crippen molar-refractivity contribution >= 4 is 23.4 Å². The second-order valence-corrected chi connectivity index (χ2v) is 12.0. The summed E-state index contributed by atoms with van der Waals surface area (Å²) < 4.78 is 0. The van der Waals surface area contributed by atoms with Crippen LogP contribution in [0.2, 0.25) is 0 Å². The van der Waals surface area contributed by atoms with Crippen LogP contribution in [0.1, 0.15) is 47.2 Å². The van der Waals surface area contributed by atoms with Gasteiger partial charge in [-0.05, 0) is 67.8 Å². The number of rotatable bonds is 6. The van der Waals surface area contributed by atoms with Crippen LogP contribution in [0.25, 0.3) is 56.1 Å². The van der Waals surface area contributed by atoms with Gasteiger partial charge in [0.15, 0.2) is 5.69 Å². The van der Waals surface area contributed by atoms with E-state index >= 15 is 0 Å². The Morgan fingerprint density at radius 3 is 2.11 bits per heavy atom. The number of hydrogen-bond donors (Lipinski definition) is 0. The molecular formula is C43H32N2. The van der Waals surface area contributed by atoms with Crippen molar-refractivity contribution in [3.8, 4) is 33.5 Å². The van der Waals surface area contributed by atoms with Crippen molar-refractivity contribution in [1.82, 2.24) is 4.98 Å². The van der Waals surface area contributed by atoms with Crippen molar-refractivity contribution in [3.63, 3.8) is 0 Å². The molecule has 1 aliphatic rings. The molecule has 1 aliphatic carbocycles. The molecule has 0 atom stereocenters. The number of fused-ring (bicyclic) bond motifs is 3. The first-order valence-corrected chi connectivity index (χ1v) is 15.2. The third-order valence-electron chi connectivity index (χ3n) is 8.94. The van der Waals surface area contributed by atoms with Crippen LogP contribution < -0.4 is 0 Å². The molecule has 45 heavy (non-hydrogen) atoms. The standard InChI is InChI=1S/C43H32N2/c1-29(32-21-23-37-38-24-22-34(44-4)26-41(38)43(2,3)40(37)25-32)35-17-11-12-18-36(35)39-27-42(31-15-9-6-10-16-31)45-28-33(39)20-19-30-13-7-5-8-14-30/h5-28H,1H2,2-3H3/b20-19-. The van der Waals surface area contributed by atoms with Crippen LogP contribution in [0.3, 0.4) is 0 Å². The lowest BCUT2D eigenvalue weighted by Crippen LogP contribution is -2.15. The van der Waals surface area contributed by atoms with Gasteiger partial charge in [0.05, 0.1) is 12.3 Å². The average Bonchev–Trinajstić information content (AvgIpc) is 3.32. The third-order valence-corrected chi connectivity index (χ3v) is 8.94. The predicted molar refractivity (Wildman–Crippen MR) is 189 cm³/mol. The Bertz CT molecular complexity index is 2150. The maximum absolute atomic E-state index is 7.53. The lowest BCUT2D eigenvalue weighted by atomic mass is 9.81. The zero-order valence-electron chi connectivity index (χ0n) is 25.5. The van der Waals surface area contributed by atoms with Crippen LogP contribution in [-0.2, 0) is 5.41 Å². The Hall–Kier alpha value is -5.78. The summed E-state index contributed by atoms with van der Waals surface area (Å²) in [5, 5.41) is 0. The molecule has 0 saturated heterocycles. The SMILES string of the molecule is [C-]#[N+]c1ccc2c(c1)C(C)(C)c1cc(C(=C)c3ccccc3-c3cc(-c4ccccc4)ncc3/C=C\c3ccccc3)ccc1-2. The summed E-state index contributed by atoms with van der Waals surface area (Å²) in [6, 6.07) is 44.2. The molecule has 2 heteroatoms. The summed E-state index contributed by atoms with van der Waals surface area (Å²) in [5.74, 6) is 0. The summed E-state index contributed by atoms with van der Waals surface area (Å²) in [7, 11) is 0. The van der Waals surface area contributed by atoms with Crippen LogP contribution >= 0.6 is 0 Å². The minimum atomic E-state index is -0.216. The molecule has 1 heterocycles. The highest BCUT2D eigenvalue weighted by atomic mass is 14.7. The van der Waals surface area contributed by atoms with Crippen molar-refractivity contribution < 1.29 is 0 Å². The van der Waals surface area contributed by atoms with Crippen molar-refractivity contribution in [2.45, 2.75) is 19.3 Å². The van der Waals surface area contributed by atoms with Gasteiger partial charge in [-0.1, -0.05) is 148 Å². The normalized spacial score (nSPS) is 12.8. The fraction of sp³-hybridized carbons (Fsp3) is 0.0698. The first kappa shape index (κ1) is 28.0. The quantitative estimate of drug-likeness (QED) is 0.180. The van der Waals surface area contributed by atoms with E-state index in [-0.39, 0.29) is 5.41 Å². The fourth-order valence-electron chi connectivity index (χ4n) is 6.47. The Morgan fingerprint density at radius 1 is 0.689 bits per heavy atom. The first-order valence-electron chi connectivity index (χ1n) is 15.2. The van der Waals surface area contributed by atoms with Gasteiger partial charge < -0.3 is 0 Å². The molecule has 0 bridgehead atoms. The van der Waals surface area contributed by atoms with E-state index in [1.54, 1.807) is 0 Å². The van der Waals surface area contributed by atoms with Crippen LogP contribution in [0.4, 0.5) is 5.69 Å². The minimum Gasteiger partial charge on any atom is -0.256 e. The summed E-state index contributed by atoms with van der Waals surface area (Å²) in [6.07, 6.45) is 6.27. The number of aromatic nitrogens is 1. The lowest BCUT2D eigenvalue weighted by Gasteiger charge is -2.23. The molecule has 0 unspecified atom stereocenters. The Balaban J connectivity index is 1.33. The second kappa shape index (κ2) is 11.4. The molecule has 0 aliphatic heterocycles. The number of benzene rings is 5. The largest absolute Gasteiger partial charge is 0.256 e. The molecule has 0 saturated carbocycles. The van der Waals surface area contributed by atoms with Gasteiger partial charge >= 0.3 is 0 Å².